The Kier molecular flexibility index (Phi) is 8.00. The molecule has 0 aromatic heterocycles. The summed E-state index contributed by atoms with van der Waals surface area (Å²) in [5.41, 5.74) is 4.08. The molecular formula is C23H32NO. The van der Waals surface area contributed by atoms with Gasteiger partial charge in [-0.05, 0) is 54.8 Å². The fourth-order valence-electron chi connectivity index (χ4n) is 3.26. The van der Waals surface area contributed by atoms with Crippen LogP contribution in [0.15, 0.2) is 48.5 Å². The van der Waals surface area contributed by atoms with Gasteiger partial charge in [-0.15, -0.1) is 0 Å². The number of nitrogens with zero attached hydrogens (tertiary/aromatic N) is 1. The summed E-state index contributed by atoms with van der Waals surface area (Å²) >= 11 is 0. The third-order valence-electron chi connectivity index (χ3n) is 4.85. The number of benzene rings is 2. The molecule has 0 fully saturated rings. The number of aryl methyl sites for hydroxylation is 1. The van der Waals surface area contributed by atoms with E-state index in [0.29, 0.717) is 0 Å². The molecule has 0 saturated heterocycles. The van der Waals surface area contributed by atoms with Gasteiger partial charge in [0.25, 0.3) is 0 Å². The minimum absolute atomic E-state index is 0.740. The third-order valence-corrected chi connectivity index (χ3v) is 4.85. The van der Waals surface area contributed by atoms with Crippen molar-refractivity contribution >= 4 is 0 Å². The number of hydrogen-bond acceptors (Lipinski definition) is 2. The largest absolute Gasteiger partial charge is 0.492 e. The first-order valence-corrected chi connectivity index (χ1v) is 9.63. The minimum atomic E-state index is 0.740. The molecule has 0 bridgehead atoms. The summed E-state index contributed by atoms with van der Waals surface area (Å²) in [7, 11) is 0. The molecular weight excluding hydrogens is 306 g/mol. The van der Waals surface area contributed by atoms with Gasteiger partial charge in [0.05, 0.1) is 0 Å². The van der Waals surface area contributed by atoms with E-state index in [1.54, 1.807) is 0 Å². The fourth-order valence-corrected chi connectivity index (χ4v) is 3.26. The fraction of sp³-hybridized carbons (Fsp3) is 0.435. The van der Waals surface area contributed by atoms with Crippen LogP contribution in [-0.4, -0.2) is 31.1 Å². The van der Waals surface area contributed by atoms with E-state index in [0.717, 1.165) is 44.8 Å². The lowest BCUT2D eigenvalue weighted by Gasteiger charge is -2.20. The summed E-state index contributed by atoms with van der Waals surface area (Å²) in [4.78, 5) is 2.37. The van der Waals surface area contributed by atoms with Crippen LogP contribution in [0, 0.1) is 5.92 Å². The number of ether oxygens (including phenoxy) is 1. The predicted molar refractivity (Wildman–Crippen MR) is 107 cm³/mol. The monoisotopic (exact) mass is 338 g/mol. The maximum absolute atomic E-state index is 5.91. The van der Waals surface area contributed by atoms with Crippen LogP contribution >= 0.6 is 0 Å². The molecule has 0 atom stereocenters. The van der Waals surface area contributed by atoms with Crippen molar-refractivity contribution in [3.63, 3.8) is 0 Å². The zero-order valence-corrected chi connectivity index (χ0v) is 16.2. The summed E-state index contributed by atoms with van der Waals surface area (Å²) in [5, 5.41) is 0. The summed E-state index contributed by atoms with van der Waals surface area (Å²) in [6.45, 7) is 12.7. The van der Waals surface area contributed by atoms with Gasteiger partial charge in [-0.1, -0.05) is 64.1 Å². The molecule has 0 heterocycles. The van der Waals surface area contributed by atoms with Crippen molar-refractivity contribution in [1.29, 1.82) is 0 Å². The summed E-state index contributed by atoms with van der Waals surface area (Å²) in [5.74, 6) is 2.36. The quantitative estimate of drug-likeness (QED) is 0.579. The van der Waals surface area contributed by atoms with Gasteiger partial charge in [-0.25, -0.2) is 0 Å². The molecule has 0 unspecified atom stereocenters. The van der Waals surface area contributed by atoms with Crippen molar-refractivity contribution in [2.75, 3.05) is 26.2 Å². The van der Waals surface area contributed by atoms with Crippen molar-refractivity contribution in [1.82, 2.24) is 4.90 Å². The highest BCUT2D eigenvalue weighted by Crippen LogP contribution is 2.30. The molecule has 0 aliphatic carbocycles. The topological polar surface area (TPSA) is 12.5 Å². The SMILES string of the molecule is CC[C](c1ccc(OCCN(CC)CC)cc1)c1ccccc1CC. The number of hydrogen-bond donors (Lipinski definition) is 0. The van der Waals surface area contributed by atoms with E-state index in [2.05, 4.69) is 81.1 Å². The zero-order valence-electron chi connectivity index (χ0n) is 16.2. The van der Waals surface area contributed by atoms with E-state index < -0.39 is 0 Å². The van der Waals surface area contributed by atoms with Gasteiger partial charge in [0.2, 0.25) is 0 Å². The van der Waals surface area contributed by atoms with Crippen LogP contribution in [0.1, 0.15) is 50.8 Å². The molecule has 2 rings (SSSR count). The molecule has 0 aliphatic rings. The Morgan fingerprint density at radius 2 is 1.56 bits per heavy atom. The highest BCUT2D eigenvalue weighted by atomic mass is 16.5. The molecule has 2 aromatic carbocycles. The van der Waals surface area contributed by atoms with Crippen molar-refractivity contribution in [2.45, 2.75) is 40.5 Å². The molecule has 0 spiro atoms. The van der Waals surface area contributed by atoms with Gasteiger partial charge in [0.15, 0.2) is 0 Å². The average molecular weight is 339 g/mol. The van der Waals surface area contributed by atoms with Crippen molar-refractivity contribution < 1.29 is 4.74 Å². The zero-order chi connectivity index (χ0) is 18.1. The van der Waals surface area contributed by atoms with E-state index in [1.165, 1.54) is 22.6 Å². The van der Waals surface area contributed by atoms with Gasteiger partial charge in [0, 0.05) is 12.5 Å². The maximum Gasteiger partial charge on any atom is 0.119 e. The lowest BCUT2D eigenvalue weighted by atomic mass is 9.85. The van der Waals surface area contributed by atoms with Gasteiger partial charge < -0.3 is 9.64 Å². The first-order chi connectivity index (χ1) is 12.2. The van der Waals surface area contributed by atoms with E-state index in [9.17, 15) is 0 Å². The van der Waals surface area contributed by atoms with Crippen LogP contribution in [0.2, 0.25) is 0 Å². The molecule has 2 heteroatoms. The Bertz CT molecular complexity index is 616. The molecule has 0 amide bonds. The van der Waals surface area contributed by atoms with E-state index >= 15 is 0 Å². The number of likely N-dealkylation sites (N-methyl/N-ethyl adjacent to an activating group) is 1. The maximum atomic E-state index is 5.91. The molecule has 2 nitrogen and oxygen atoms in total. The Morgan fingerprint density at radius 1 is 0.880 bits per heavy atom. The summed E-state index contributed by atoms with van der Waals surface area (Å²) in [6, 6.07) is 17.3. The van der Waals surface area contributed by atoms with Crippen LogP contribution in [0.5, 0.6) is 5.75 Å². The van der Waals surface area contributed by atoms with E-state index in [-0.39, 0.29) is 0 Å². The summed E-state index contributed by atoms with van der Waals surface area (Å²) < 4.78 is 5.91. The molecule has 0 N–H and O–H groups in total. The Morgan fingerprint density at radius 3 is 2.16 bits per heavy atom. The highest BCUT2D eigenvalue weighted by molar-refractivity contribution is 5.50. The Hall–Kier alpha value is -1.80. The molecule has 1 radical (unpaired) electrons. The normalized spacial score (nSPS) is 11.3. The minimum Gasteiger partial charge on any atom is -0.492 e. The van der Waals surface area contributed by atoms with Crippen LogP contribution in [-0.2, 0) is 6.42 Å². The Labute approximate surface area is 153 Å². The van der Waals surface area contributed by atoms with Crippen molar-refractivity contribution in [3.8, 4) is 5.75 Å². The lowest BCUT2D eigenvalue weighted by molar-refractivity contribution is 0.223. The van der Waals surface area contributed by atoms with Crippen molar-refractivity contribution in [3.05, 3.63) is 71.1 Å². The first kappa shape index (κ1) is 19.5. The van der Waals surface area contributed by atoms with Gasteiger partial charge in [-0.3, -0.25) is 0 Å². The smallest absolute Gasteiger partial charge is 0.119 e. The molecule has 0 saturated carbocycles. The standard InChI is InChI=1S/C23H32NO/c1-5-19-11-9-10-12-23(19)22(6-2)20-13-15-21(16-14-20)25-18-17-24(7-3)8-4/h9-16H,5-8,17-18H2,1-4H3. The second-order valence-corrected chi connectivity index (χ2v) is 6.24. The second kappa shape index (κ2) is 10.2. The molecule has 0 aliphatic heterocycles. The van der Waals surface area contributed by atoms with Crippen molar-refractivity contribution in [2.24, 2.45) is 0 Å². The highest BCUT2D eigenvalue weighted by Gasteiger charge is 2.15. The first-order valence-electron chi connectivity index (χ1n) is 9.63. The van der Waals surface area contributed by atoms with Crippen LogP contribution in [0.4, 0.5) is 0 Å². The van der Waals surface area contributed by atoms with Crippen LogP contribution < -0.4 is 4.74 Å². The Balaban J connectivity index is 2.04. The predicted octanol–water partition coefficient (Wildman–Crippen LogP) is 5.35. The van der Waals surface area contributed by atoms with E-state index in [1.807, 2.05) is 0 Å². The third kappa shape index (κ3) is 5.34. The molecule has 135 valence electrons. The van der Waals surface area contributed by atoms with Crippen LogP contribution in [0.3, 0.4) is 0 Å². The lowest BCUT2D eigenvalue weighted by Crippen LogP contribution is -2.27. The average Bonchev–Trinajstić information content (AvgIpc) is 2.67. The molecule has 25 heavy (non-hydrogen) atoms. The van der Waals surface area contributed by atoms with Gasteiger partial charge in [0.1, 0.15) is 12.4 Å². The van der Waals surface area contributed by atoms with E-state index in [4.69, 9.17) is 4.74 Å². The number of rotatable bonds is 10. The van der Waals surface area contributed by atoms with Crippen LogP contribution in [0.25, 0.3) is 0 Å². The molecule has 2 aromatic rings. The second-order valence-electron chi connectivity index (χ2n) is 6.24. The van der Waals surface area contributed by atoms with Gasteiger partial charge >= 0.3 is 0 Å². The summed E-state index contributed by atoms with van der Waals surface area (Å²) in [6.07, 6.45) is 2.09. The van der Waals surface area contributed by atoms with Gasteiger partial charge in [-0.2, -0.15) is 0 Å².